The third-order valence-corrected chi connectivity index (χ3v) is 5.50. The van der Waals surface area contributed by atoms with Crippen LogP contribution in [0.2, 0.25) is 0 Å². The van der Waals surface area contributed by atoms with Gasteiger partial charge in [-0.2, -0.15) is 0 Å². The van der Waals surface area contributed by atoms with E-state index in [1.54, 1.807) is 35.2 Å². The smallest absolute Gasteiger partial charge is 0.348 e. The first-order chi connectivity index (χ1) is 14.0. The number of amides is 2. The third-order valence-electron chi connectivity index (χ3n) is 4.40. The summed E-state index contributed by atoms with van der Waals surface area (Å²) >= 11 is 1.32. The first kappa shape index (κ1) is 20.5. The van der Waals surface area contributed by atoms with Crippen molar-refractivity contribution in [3.63, 3.8) is 0 Å². The van der Waals surface area contributed by atoms with E-state index >= 15 is 0 Å². The number of esters is 1. The molecule has 1 heterocycles. The van der Waals surface area contributed by atoms with E-state index in [1.165, 1.54) is 11.3 Å². The highest BCUT2D eigenvalue weighted by Gasteiger charge is 2.15. The minimum Gasteiger partial charge on any atom is -0.451 e. The molecule has 0 spiro atoms. The number of ether oxygens (including phenoxy) is 1. The molecule has 0 unspecified atom stereocenters. The van der Waals surface area contributed by atoms with Crippen molar-refractivity contribution in [3.8, 4) is 0 Å². The molecule has 0 aliphatic heterocycles. The van der Waals surface area contributed by atoms with Gasteiger partial charge >= 0.3 is 5.97 Å². The van der Waals surface area contributed by atoms with Crippen LogP contribution in [0.15, 0.2) is 54.6 Å². The monoisotopic (exact) mass is 410 g/mol. The van der Waals surface area contributed by atoms with E-state index in [4.69, 9.17) is 4.74 Å². The van der Waals surface area contributed by atoms with Gasteiger partial charge in [0.2, 0.25) is 0 Å². The molecular formula is C22H22N2O4S. The second kappa shape index (κ2) is 9.34. The zero-order chi connectivity index (χ0) is 20.8. The Morgan fingerprint density at radius 2 is 1.76 bits per heavy atom. The number of nitrogens with zero attached hydrogens (tertiary/aromatic N) is 1. The number of carbonyl (C=O) groups is 3. The lowest BCUT2D eigenvalue weighted by atomic mass is 10.1. The fourth-order valence-corrected chi connectivity index (χ4v) is 3.86. The molecule has 150 valence electrons. The molecule has 0 aliphatic rings. The molecule has 1 aromatic heterocycles. The maximum Gasteiger partial charge on any atom is 0.348 e. The number of anilines is 1. The molecule has 1 N–H and O–H groups in total. The predicted molar refractivity (Wildman–Crippen MR) is 114 cm³/mol. The highest BCUT2D eigenvalue weighted by Crippen LogP contribution is 2.25. The summed E-state index contributed by atoms with van der Waals surface area (Å²) < 4.78 is 6.11. The summed E-state index contributed by atoms with van der Waals surface area (Å²) in [5, 5.41) is 3.62. The van der Waals surface area contributed by atoms with Crippen molar-refractivity contribution >= 4 is 44.9 Å². The normalized spacial score (nSPS) is 10.6. The number of nitrogens with one attached hydrogen (secondary N) is 1. The van der Waals surface area contributed by atoms with Gasteiger partial charge in [-0.25, -0.2) is 4.79 Å². The van der Waals surface area contributed by atoms with Crippen molar-refractivity contribution in [1.82, 2.24) is 4.90 Å². The molecule has 29 heavy (non-hydrogen) atoms. The highest BCUT2D eigenvalue weighted by molar-refractivity contribution is 7.20. The van der Waals surface area contributed by atoms with Crippen LogP contribution < -0.4 is 5.32 Å². The Morgan fingerprint density at radius 3 is 2.48 bits per heavy atom. The van der Waals surface area contributed by atoms with E-state index in [0.717, 1.165) is 10.1 Å². The predicted octanol–water partition coefficient (Wildman–Crippen LogP) is 4.18. The molecular weight excluding hydrogens is 388 g/mol. The second-order valence-corrected chi connectivity index (χ2v) is 7.41. The number of thiophene rings is 1. The summed E-state index contributed by atoms with van der Waals surface area (Å²) in [5.74, 6) is -1.10. The lowest BCUT2D eigenvalue weighted by molar-refractivity contribution is -0.119. The van der Waals surface area contributed by atoms with Crippen molar-refractivity contribution in [2.75, 3.05) is 25.0 Å². The topological polar surface area (TPSA) is 75.7 Å². The molecule has 0 saturated heterocycles. The Bertz CT molecular complexity index is 1010. The second-order valence-electron chi connectivity index (χ2n) is 6.33. The van der Waals surface area contributed by atoms with Gasteiger partial charge < -0.3 is 15.0 Å². The fraction of sp³-hybridized carbons (Fsp3) is 0.227. The van der Waals surface area contributed by atoms with Crippen LogP contribution in [-0.2, 0) is 9.53 Å². The van der Waals surface area contributed by atoms with Gasteiger partial charge in [0.1, 0.15) is 4.88 Å². The Kier molecular flexibility index (Phi) is 6.61. The van der Waals surface area contributed by atoms with Gasteiger partial charge in [0, 0.05) is 29.0 Å². The molecule has 0 radical (unpaired) electrons. The van der Waals surface area contributed by atoms with Crippen LogP contribution in [0.25, 0.3) is 10.1 Å². The Morgan fingerprint density at radius 1 is 1.00 bits per heavy atom. The fourth-order valence-electron chi connectivity index (χ4n) is 2.91. The number of hydrogen-bond donors (Lipinski definition) is 1. The van der Waals surface area contributed by atoms with E-state index in [9.17, 15) is 14.4 Å². The summed E-state index contributed by atoms with van der Waals surface area (Å²) in [6.07, 6.45) is 0. The van der Waals surface area contributed by atoms with Gasteiger partial charge in [0.05, 0.1) is 0 Å². The molecule has 0 saturated carbocycles. The summed E-state index contributed by atoms with van der Waals surface area (Å²) in [6.45, 7) is 4.65. The van der Waals surface area contributed by atoms with Crippen molar-refractivity contribution in [2.24, 2.45) is 0 Å². The first-order valence-corrected chi connectivity index (χ1v) is 10.2. The quantitative estimate of drug-likeness (QED) is 0.593. The summed E-state index contributed by atoms with van der Waals surface area (Å²) in [6, 6.07) is 16.1. The standard InChI is InChI=1S/C22H22N2O4S/c1-3-24(4-2)21(26)16-9-7-10-17(12-16)23-20(25)14-28-22(27)19-13-15-8-5-6-11-18(15)29-19/h5-13H,3-4,14H2,1-2H3,(H,23,25). The zero-order valence-corrected chi connectivity index (χ0v) is 17.1. The van der Waals surface area contributed by atoms with Gasteiger partial charge in [0.15, 0.2) is 6.61 Å². The Labute approximate surface area is 173 Å². The van der Waals surface area contributed by atoms with Crippen molar-refractivity contribution < 1.29 is 19.1 Å². The van der Waals surface area contributed by atoms with Gasteiger partial charge in [-0.1, -0.05) is 24.3 Å². The van der Waals surface area contributed by atoms with Gasteiger partial charge in [-0.05, 0) is 49.6 Å². The molecule has 0 aliphatic carbocycles. The minimum atomic E-state index is -0.535. The van der Waals surface area contributed by atoms with Crippen LogP contribution in [-0.4, -0.2) is 42.4 Å². The van der Waals surface area contributed by atoms with Crippen molar-refractivity contribution in [1.29, 1.82) is 0 Å². The SMILES string of the molecule is CCN(CC)C(=O)c1cccc(NC(=O)COC(=O)c2cc3ccccc3s2)c1. The minimum absolute atomic E-state index is 0.0951. The molecule has 3 aromatic rings. The van der Waals surface area contributed by atoms with E-state index in [-0.39, 0.29) is 5.91 Å². The van der Waals surface area contributed by atoms with Crippen LogP contribution in [0.5, 0.6) is 0 Å². The molecule has 2 amide bonds. The molecule has 7 heteroatoms. The molecule has 6 nitrogen and oxygen atoms in total. The van der Waals surface area contributed by atoms with E-state index in [2.05, 4.69) is 5.32 Å². The Balaban J connectivity index is 1.58. The molecule has 2 aromatic carbocycles. The van der Waals surface area contributed by atoms with Crippen molar-refractivity contribution in [2.45, 2.75) is 13.8 Å². The maximum absolute atomic E-state index is 12.4. The highest BCUT2D eigenvalue weighted by atomic mass is 32.1. The lowest BCUT2D eigenvalue weighted by Crippen LogP contribution is -2.30. The van der Waals surface area contributed by atoms with Crippen LogP contribution >= 0.6 is 11.3 Å². The largest absolute Gasteiger partial charge is 0.451 e. The van der Waals surface area contributed by atoms with Gasteiger partial charge in [0.25, 0.3) is 11.8 Å². The van der Waals surface area contributed by atoms with Crippen LogP contribution in [0.3, 0.4) is 0 Å². The van der Waals surface area contributed by atoms with Crippen LogP contribution in [0.1, 0.15) is 33.9 Å². The van der Waals surface area contributed by atoms with Gasteiger partial charge in [-0.15, -0.1) is 11.3 Å². The zero-order valence-electron chi connectivity index (χ0n) is 16.3. The van der Waals surface area contributed by atoms with E-state index in [0.29, 0.717) is 29.2 Å². The van der Waals surface area contributed by atoms with Crippen LogP contribution in [0, 0.1) is 0 Å². The van der Waals surface area contributed by atoms with Gasteiger partial charge in [-0.3, -0.25) is 9.59 Å². The molecule has 3 rings (SSSR count). The third kappa shape index (κ3) is 5.00. The number of fused-ring (bicyclic) bond motifs is 1. The molecule has 0 bridgehead atoms. The van der Waals surface area contributed by atoms with E-state index < -0.39 is 18.5 Å². The average molecular weight is 410 g/mol. The lowest BCUT2D eigenvalue weighted by Gasteiger charge is -2.19. The summed E-state index contributed by atoms with van der Waals surface area (Å²) in [7, 11) is 0. The number of benzene rings is 2. The maximum atomic E-state index is 12.4. The summed E-state index contributed by atoms with van der Waals surface area (Å²) in [4.78, 5) is 39.0. The average Bonchev–Trinajstić information content (AvgIpc) is 3.17. The van der Waals surface area contributed by atoms with E-state index in [1.807, 2.05) is 38.1 Å². The first-order valence-electron chi connectivity index (χ1n) is 9.36. The number of rotatable bonds is 7. The van der Waals surface area contributed by atoms with Crippen LogP contribution in [0.4, 0.5) is 5.69 Å². The number of carbonyl (C=O) groups excluding carboxylic acids is 3. The molecule has 0 atom stereocenters. The van der Waals surface area contributed by atoms with Crippen molar-refractivity contribution in [3.05, 3.63) is 65.0 Å². The summed E-state index contributed by atoms with van der Waals surface area (Å²) in [5.41, 5.74) is 0.972. The number of hydrogen-bond acceptors (Lipinski definition) is 5. The molecule has 0 fully saturated rings. The Hall–Kier alpha value is -3.19.